The zero-order valence-corrected chi connectivity index (χ0v) is 28.2. The fourth-order valence-corrected chi connectivity index (χ4v) is 4.83. The van der Waals surface area contributed by atoms with E-state index in [2.05, 4.69) is 36.3 Å². The normalized spacial score (nSPS) is 14.0. The number of azo groups is 2. The molecule has 49 heavy (non-hydrogen) atoms. The Morgan fingerprint density at radius 2 is 1.51 bits per heavy atom. The molecular weight excluding hydrogens is 650 g/mol. The molecule has 0 unspecified atom stereocenters. The highest BCUT2D eigenvalue weighted by Crippen LogP contribution is 2.34. The van der Waals surface area contributed by atoms with Gasteiger partial charge in [0.15, 0.2) is 11.4 Å². The molecule has 0 bridgehead atoms. The van der Waals surface area contributed by atoms with Crippen LogP contribution in [0.2, 0.25) is 5.02 Å². The Morgan fingerprint density at radius 1 is 0.857 bits per heavy atom. The van der Waals surface area contributed by atoms with Crippen LogP contribution in [0.3, 0.4) is 0 Å². The maximum atomic E-state index is 13.0. The number of nitroso groups, excluding NO2 is 1. The van der Waals surface area contributed by atoms with E-state index in [4.69, 9.17) is 21.1 Å². The average molecular weight is 684 g/mol. The smallest absolute Gasteiger partial charge is 0.279 e. The highest BCUT2D eigenvalue weighted by molar-refractivity contribution is 6.33. The Balaban J connectivity index is 1.51. The van der Waals surface area contributed by atoms with Gasteiger partial charge in [-0.3, -0.25) is 9.59 Å². The van der Waals surface area contributed by atoms with Crippen molar-refractivity contribution in [1.82, 2.24) is 5.32 Å². The molecule has 3 aromatic carbocycles. The number of halogens is 1. The van der Waals surface area contributed by atoms with Crippen molar-refractivity contribution in [2.45, 2.75) is 33.6 Å². The van der Waals surface area contributed by atoms with Crippen molar-refractivity contribution in [1.29, 1.82) is 0 Å². The number of carbonyl (C=O) groups is 2. The van der Waals surface area contributed by atoms with Crippen LogP contribution in [0.25, 0.3) is 11.1 Å². The molecule has 0 saturated heterocycles. The molecule has 0 spiro atoms. The summed E-state index contributed by atoms with van der Waals surface area (Å²) in [6.07, 6.45) is 5.07. The minimum Gasteiger partial charge on any atom is -0.510 e. The number of aliphatic hydroxyl groups is 1. The third kappa shape index (κ3) is 9.11. The van der Waals surface area contributed by atoms with E-state index in [9.17, 15) is 19.6 Å². The number of carbonyl (C=O) groups excluding carboxylic acids is 2. The van der Waals surface area contributed by atoms with Gasteiger partial charge < -0.3 is 25.2 Å². The number of benzene rings is 3. The van der Waals surface area contributed by atoms with E-state index in [0.717, 1.165) is 23.1 Å². The number of aliphatic hydroxyl groups excluding tert-OH is 1. The number of ether oxygens (including phenoxy) is 2. The van der Waals surface area contributed by atoms with Crippen LogP contribution < -0.4 is 15.4 Å². The van der Waals surface area contributed by atoms with Gasteiger partial charge in [0.05, 0.1) is 36.3 Å². The van der Waals surface area contributed by atoms with Gasteiger partial charge in [-0.15, -0.1) is 20.2 Å². The standard InChI is InChI=1S/C35H34ClN7O6/c1-20-18-23(14-16-26(20)39-41-32(21(2)43-47)34(45)37-28-10-6-8-12-30(28)48-4)24-15-17-27(25(36)19-24)40-42-33(22(3)44)35(46)38-29-11-7-9-13-31(29)49-5/h6-8,10-12,14-19,44H,9,13H2,1-5H3,(H,37,45)(H,38,46)/b32-21-,33-22-,41-39?,42-40?. The molecule has 0 saturated carbocycles. The van der Waals surface area contributed by atoms with Crippen molar-refractivity contribution in [3.8, 4) is 16.9 Å². The van der Waals surface area contributed by atoms with Gasteiger partial charge in [0, 0.05) is 6.42 Å². The van der Waals surface area contributed by atoms with Crippen LogP contribution in [0, 0.1) is 11.8 Å². The van der Waals surface area contributed by atoms with Crippen molar-refractivity contribution >= 4 is 40.5 Å². The zero-order chi connectivity index (χ0) is 35.5. The van der Waals surface area contributed by atoms with Crippen molar-refractivity contribution < 1.29 is 24.2 Å². The molecule has 2 amide bonds. The van der Waals surface area contributed by atoms with E-state index in [-0.39, 0.29) is 33.6 Å². The van der Waals surface area contributed by atoms with E-state index < -0.39 is 11.8 Å². The first-order valence-electron chi connectivity index (χ1n) is 14.9. The molecule has 0 heterocycles. The minimum absolute atomic E-state index is 0.145. The Labute approximate surface area is 287 Å². The summed E-state index contributed by atoms with van der Waals surface area (Å²) in [5.74, 6) is -0.603. The predicted molar refractivity (Wildman–Crippen MR) is 187 cm³/mol. The summed E-state index contributed by atoms with van der Waals surface area (Å²) in [7, 11) is 3.00. The molecule has 1 aliphatic carbocycles. The van der Waals surface area contributed by atoms with Crippen LogP contribution in [0.4, 0.5) is 17.1 Å². The van der Waals surface area contributed by atoms with Gasteiger partial charge >= 0.3 is 0 Å². The van der Waals surface area contributed by atoms with Crippen LogP contribution in [0.1, 0.15) is 32.3 Å². The number of amides is 2. The average Bonchev–Trinajstić information content (AvgIpc) is 3.09. The fourth-order valence-electron chi connectivity index (χ4n) is 4.61. The first-order valence-corrected chi connectivity index (χ1v) is 15.3. The van der Waals surface area contributed by atoms with Crippen LogP contribution in [-0.4, -0.2) is 31.1 Å². The van der Waals surface area contributed by atoms with Crippen LogP contribution in [0.5, 0.6) is 5.75 Å². The monoisotopic (exact) mass is 683 g/mol. The molecule has 3 aromatic rings. The molecule has 0 aliphatic heterocycles. The number of nitrogens with one attached hydrogen (secondary N) is 2. The third-order valence-corrected chi connectivity index (χ3v) is 7.52. The Morgan fingerprint density at radius 3 is 2.16 bits per heavy atom. The van der Waals surface area contributed by atoms with Gasteiger partial charge in [-0.1, -0.05) is 41.9 Å². The van der Waals surface area contributed by atoms with E-state index in [1.807, 2.05) is 19.1 Å². The van der Waals surface area contributed by atoms with Gasteiger partial charge in [-0.25, -0.2) is 0 Å². The topological polar surface area (TPSA) is 176 Å². The summed E-state index contributed by atoms with van der Waals surface area (Å²) < 4.78 is 10.6. The fraction of sp³-hybridized carbons (Fsp3) is 0.200. The molecule has 1 aliphatic rings. The van der Waals surface area contributed by atoms with Crippen molar-refractivity contribution in [2.75, 3.05) is 19.5 Å². The summed E-state index contributed by atoms with van der Waals surface area (Å²) >= 11 is 6.54. The zero-order valence-electron chi connectivity index (χ0n) is 27.4. The summed E-state index contributed by atoms with van der Waals surface area (Å²) in [6.45, 7) is 4.52. The van der Waals surface area contributed by atoms with Gasteiger partial charge in [0.2, 0.25) is 0 Å². The van der Waals surface area contributed by atoms with Gasteiger partial charge in [0.1, 0.15) is 28.7 Å². The lowest BCUT2D eigenvalue weighted by Gasteiger charge is -2.15. The van der Waals surface area contributed by atoms with Gasteiger partial charge in [-0.2, -0.15) is 5.11 Å². The number of methoxy groups -OCH3 is 2. The lowest BCUT2D eigenvalue weighted by molar-refractivity contribution is -0.117. The quantitative estimate of drug-likeness (QED) is 0.0741. The number of hydrogen-bond acceptors (Lipinski definition) is 11. The molecule has 0 aromatic heterocycles. The summed E-state index contributed by atoms with van der Waals surface area (Å²) in [6, 6.07) is 17.3. The number of hydrogen-bond donors (Lipinski definition) is 3. The van der Waals surface area contributed by atoms with Gasteiger partial charge in [-0.05, 0) is 91.5 Å². The van der Waals surface area contributed by atoms with E-state index in [0.29, 0.717) is 35.0 Å². The number of para-hydroxylation sites is 2. The Kier molecular flexibility index (Phi) is 12.3. The van der Waals surface area contributed by atoms with E-state index in [1.54, 1.807) is 60.7 Å². The SMILES string of the molecule is COC1=C(NC(=O)/C(N=Nc2ccc(-c3ccc(N=N/C(C(=O)Nc4ccccc4OC)=C(/C)N=O)c(C)c3)cc2Cl)=C(\C)O)C=CCC1. The van der Waals surface area contributed by atoms with Crippen molar-refractivity contribution in [2.24, 2.45) is 25.6 Å². The largest absolute Gasteiger partial charge is 0.510 e. The number of allylic oxidation sites excluding steroid dienone is 5. The number of nitrogens with zero attached hydrogens (tertiary/aromatic N) is 5. The molecule has 0 radical (unpaired) electrons. The lowest BCUT2D eigenvalue weighted by atomic mass is 10.0. The Bertz CT molecular complexity index is 1960. The minimum atomic E-state index is -0.678. The summed E-state index contributed by atoms with van der Waals surface area (Å²) in [5.41, 5.74) is 3.20. The van der Waals surface area contributed by atoms with Crippen LogP contribution >= 0.6 is 11.6 Å². The molecular formula is C35H34ClN7O6. The second-order valence-electron chi connectivity index (χ2n) is 10.6. The number of rotatable bonds is 12. The van der Waals surface area contributed by atoms with Gasteiger partial charge in [0.25, 0.3) is 11.8 Å². The lowest BCUT2D eigenvalue weighted by Crippen LogP contribution is -2.26. The summed E-state index contributed by atoms with van der Waals surface area (Å²) in [5, 5.41) is 35.0. The number of aryl methyl sites for hydroxylation is 1. The second-order valence-corrected chi connectivity index (χ2v) is 11.0. The first kappa shape index (κ1) is 35.9. The van der Waals surface area contributed by atoms with Crippen molar-refractivity contribution in [3.63, 3.8) is 0 Å². The molecule has 252 valence electrons. The highest BCUT2D eigenvalue weighted by atomic mass is 35.5. The molecule has 14 heteroatoms. The predicted octanol–water partition coefficient (Wildman–Crippen LogP) is 9.24. The molecule has 3 N–H and O–H groups in total. The second kappa shape index (κ2) is 16.7. The van der Waals surface area contributed by atoms with E-state index in [1.165, 1.54) is 28.1 Å². The molecule has 0 atom stereocenters. The Hall–Kier alpha value is -5.95. The van der Waals surface area contributed by atoms with Crippen LogP contribution in [0.15, 0.2) is 133 Å². The molecule has 13 nitrogen and oxygen atoms in total. The molecule has 4 rings (SSSR count). The maximum Gasteiger partial charge on any atom is 0.279 e. The van der Waals surface area contributed by atoms with E-state index >= 15 is 0 Å². The summed E-state index contributed by atoms with van der Waals surface area (Å²) in [4.78, 5) is 37.2. The molecule has 0 fully saturated rings. The first-order chi connectivity index (χ1) is 23.6. The van der Waals surface area contributed by atoms with Crippen molar-refractivity contribution in [3.05, 3.63) is 123 Å². The highest BCUT2D eigenvalue weighted by Gasteiger charge is 2.19. The number of anilines is 1. The maximum absolute atomic E-state index is 13.0. The van der Waals surface area contributed by atoms with Crippen LogP contribution in [-0.2, 0) is 14.3 Å². The third-order valence-electron chi connectivity index (χ3n) is 7.22.